The van der Waals surface area contributed by atoms with Crippen LogP contribution in [0, 0.1) is 0 Å². The fraction of sp³-hybridized carbons (Fsp3) is 0.409. The van der Waals surface area contributed by atoms with Crippen LogP contribution in [0.1, 0.15) is 54.7 Å². The van der Waals surface area contributed by atoms with E-state index in [1.54, 1.807) is 24.3 Å². The molecule has 1 saturated carbocycles. The molecule has 1 fully saturated rings. The van der Waals surface area contributed by atoms with Gasteiger partial charge >= 0.3 is 6.18 Å². The summed E-state index contributed by atoms with van der Waals surface area (Å²) in [5.74, 6) is -1.16. The number of amides is 1. The smallest absolute Gasteiger partial charge is 0.389 e. The Morgan fingerprint density at radius 2 is 1.76 bits per heavy atom. The molecule has 7 heteroatoms. The van der Waals surface area contributed by atoms with E-state index in [0.29, 0.717) is 29.0 Å². The van der Waals surface area contributed by atoms with Crippen molar-refractivity contribution < 1.29 is 23.1 Å². The second-order valence-electron chi connectivity index (χ2n) is 7.56. The fourth-order valence-corrected chi connectivity index (χ4v) is 4.15. The van der Waals surface area contributed by atoms with Gasteiger partial charge in [0.05, 0.1) is 17.1 Å². The van der Waals surface area contributed by atoms with Gasteiger partial charge in [-0.15, -0.1) is 0 Å². The van der Waals surface area contributed by atoms with Gasteiger partial charge in [-0.2, -0.15) is 13.2 Å². The lowest BCUT2D eigenvalue weighted by Gasteiger charge is -2.38. The van der Waals surface area contributed by atoms with Crippen molar-refractivity contribution in [3.63, 3.8) is 0 Å². The summed E-state index contributed by atoms with van der Waals surface area (Å²) in [6, 6.07) is 11.5. The Morgan fingerprint density at radius 3 is 2.34 bits per heavy atom. The van der Waals surface area contributed by atoms with Crippen molar-refractivity contribution in [1.82, 2.24) is 5.32 Å². The Labute approximate surface area is 172 Å². The quantitative estimate of drug-likeness (QED) is 0.668. The van der Waals surface area contributed by atoms with Gasteiger partial charge in [0, 0.05) is 11.6 Å². The Morgan fingerprint density at radius 1 is 1.10 bits per heavy atom. The second kappa shape index (κ2) is 8.76. The molecule has 2 aromatic carbocycles. The van der Waals surface area contributed by atoms with Crippen LogP contribution in [0.3, 0.4) is 0 Å². The predicted octanol–water partition coefficient (Wildman–Crippen LogP) is 5.45. The highest BCUT2D eigenvalue weighted by atomic mass is 35.5. The molecular formula is C22H23ClF3NO2. The normalized spacial score (nSPS) is 17.6. The Kier molecular flexibility index (Phi) is 6.54. The van der Waals surface area contributed by atoms with Crippen molar-refractivity contribution in [2.24, 2.45) is 0 Å². The summed E-state index contributed by atoms with van der Waals surface area (Å²) in [4.78, 5) is 13.1. The lowest BCUT2D eigenvalue weighted by atomic mass is 9.72. The summed E-state index contributed by atoms with van der Waals surface area (Å²) in [7, 11) is 0. The van der Waals surface area contributed by atoms with E-state index in [4.69, 9.17) is 11.6 Å². The van der Waals surface area contributed by atoms with Crippen molar-refractivity contribution in [3.05, 3.63) is 70.2 Å². The molecule has 0 radical (unpaired) electrons. The summed E-state index contributed by atoms with van der Waals surface area (Å²) in [5, 5.41) is 14.5. The number of hydrogen-bond donors (Lipinski definition) is 2. The van der Waals surface area contributed by atoms with E-state index in [2.05, 4.69) is 5.32 Å². The molecule has 0 aromatic heterocycles. The third-order valence-electron chi connectivity index (χ3n) is 5.45. The van der Waals surface area contributed by atoms with E-state index >= 15 is 0 Å². The van der Waals surface area contributed by atoms with E-state index in [1.165, 1.54) is 12.1 Å². The molecule has 0 bridgehead atoms. The molecule has 1 aliphatic rings. The number of nitrogens with one attached hydrogen (secondary N) is 1. The van der Waals surface area contributed by atoms with Crippen molar-refractivity contribution in [3.8, 4) is 0 Å². The van der Waals surface area contributed by atoms with Gasteiger partial charge < -0.3 is 10.4 Å². The number of halogens is 4. The van der Waals surface area contributed by atoms with Crippen LogP contribution in [-0.4, -0.2) is 16.6 Å². The van der Waals surface area contributed by atoms with Gasteiger partial charge in [-0.05, 0) is 48.2 Å². The number of hydrogen-bond acceptors (Lipinski definition) is 2. The number of aliphatic hydroxyl groups is 1. The van der Waals surface area contributed by atoms with E-state index < -0.39 is 23.3 Å². The monoisotopic (exact) mass is 425 g/mol. The molecule has 3 rings (SSSR count). The SMILES string of the molecule is O=C(NCc1ccc(C(F)(F)F)cc1)C(c1cccc(Cl)c1)C1(O)CCCCC1. The van der Waals surface area contributed by atoms with Gasteiger partial charge in [-0.3, -0.25) is 4.79 Å². The van der Waals surface area contributed by atoms with Crippen molar-refractivity contribution in [2.45, 2.75) is 56.3 Å². The number of benzene rings is 2. The van der Waals surface area contributed by atoms with Crippen LogP contribution in [0.2, 0.25) is 5.02 Å². The fourth-order valence-electron chi connectivity index (χ4n) is 3.95. The molecule has 3 nitrogen and oxygen atoms in total. The van der Waals surface area contributed by atoms with Crippen molar-refractivity contribution in [1.29, 1.82) is 0 Å². The Hall–Kier alpha value is -2.05. The molecule has 156 valence electrons. The lowest BCUT2D eigenvalue weighted by Crippen LogP contribution is -2.46. The summed E-state index contributed by atoms with van der Waals surface area (Å²) >= 11 is 6.10. The van der Waals surface area contributed by atoms with E-state index in [1.807, 2.05) is 0 Å². The van der Waals surface area contributed by atoms with Crippen LogP contribution in [0.25, 0.3) is 0 Å². The molecule has 2 aromatic rings. The van der Waals surface area contributed by atoms with E-state index in [9.17, 15) is 23.1 Å². The highest BCUT2D eigenvalue weighted by Gasteiger charge is 2.43. The summed E-state index contributed by atoms with van der Waals surface area (Å²) in [5.41, 5.74) is -0.729. The molecule has 0 heterocycles. The summed E-state index contributed by atoms with van der Waals surface area (Å²) in [6.45, 7) is 0.0735. The number of carbonyl (C=O) groups excluding carboxylic acids is 1. The summed E-state index contributed by atoms with van der Waals surface area (Å²) in [6.07, 6.45) is -0.698. The minimum Gasteiger partial charge on any atom is -0.389 e. The second-order valence-corrected chi connectivity index (χ2v) is 8.00. The first-order chi connectivity index (χ1) is 13.7. The van der Waals surface area contributed by atoms with Crippen LogP contribution in [0.15, 0.2) is 48.5 Å². The van der Waals surface area contributed by atoms with Gasteiger partial charge in [0.15, 0.2) is 0 Å². The molecule has 0 aliphatic heterocycles. The third kappa shape index (κ3) is 5.31. The first-order valence-electron chi connectivity index (χ1n) is 9.61. The molecule has 1 aliphatic carbocycles. The first-order valence-corrected chi connectivity index (χ1v) is 9.98. The number of carbonyl (C=O) groups is 1. The third-order valence-corrected chi connectivity index (χ3v) is 5.68. The van der Waals surface area contributed by atoms with Crippen LogP contribution >= 0.6 is 11.6 Å². The topological polar surface area (TPSA) is 49.3 Å². The highest BCUT2D eigenvalue weighted by Crippen LogP contribution is 2.40. The van der Waals surface area contributed by atoms with E-state index in [-0.39, 0.29) is 12.5 Å². The van der Waals surface area contributed by atoms with Crippen LogP contribution in [0.4, 0.5) is 13.2 Å². The first kappa shape index (κ1) is 21.7. The van der Waals surface area contributed by atoms with Crippen LogP contribution in [-0.2, 0) is 17.5 Å². The van der Waals surface area contributed by atoms with Crippen molar-refractivity contribution in [2.75, 3.05) is 0 Å². The molecule has 1 atom stereocenters. The lowest BCUT2D eigenvalue weighted by molar-refractivity contribution is -0.137. The van der Waals surface area contributed by atoms with Gasteiger partial charge in [0.1, 0.15) is 0 Å². The zero-order chi connectivity index (χ0) is 21.1. The Bertz CT molecular complexity index is 846. The average molecular weight is 426 g/mol. The molecule has 0 saturated heterocycles. The molecule has 1 amide bonds. The van der Waals surface area contributed by atoms with Gasteiger partial charge in [0.2, 0.25) is 5.91 Å². The number of rotatable bonds is 5. The molecular weight excluding hydrogens is 403 g/mol. The van der Waals surface area contributed by atoms with Gasteiger partial charge in [-0.25, -0.2) is 0 Å². The largest absolute Gasteiger partial charge is 0.416 e. The zero-order valence-electron chi connectivity index (χ0n) is 15.8. The molecule has 0 spiro atoms. The van der Waals surface area contributed by atoms with Crippen LogP contribution < -0.4 is 5.32 Å². The Balaban J connectivity index is 1.78. The van der Waals surface area contributed by atoms with Crippen molar-refractivity contribution >= 4 is 17.5 Å². The minimum atomic E-state index is -4.40. The average Bonchev–Trinajstić information content (AvgIpc) is 2.66. The van der Waals surface area contributed by atoms with Crippen LogP contribution in [0.5, 0.6) is 0 Å². The molecule has 29 heavy (non-hydrogen) atoms. The van der Waals surface area contributed by atoms with Gasteiger partial charge in [-0.1, -0.05) is 55.1 Å². The van der Waals surface area contributed by atoms with E-state index in [0.717, 1.165) is 31.4 Å². The molecule has 2 N–H and O–H groups in total. The highest BCUT2D eigenvalue weighted by molar-refractivity contribution is 6.30. The predicted molar refractivity (Wildman–Crippen MR) is 106 cm³/mol. The maximum absolute atomic E-state index is 13.1. The zero-order valence-corrected chi connectivity index (χ0v) is 16.6. The summed E-state index contributed by atoms with van der Waals surface area (Å²) < 4.78 is 38.1. The minimum absolute atomic E-state index is 0.0735. The maximum atomic E-state index is 13.1. The number of alkyl halides is 3. The molecule has 1 unspecified atom stereocenters. The van der Waals surface area contributed by atoms with Gasteiger partial charge in [0.25, 0.3) is 0 Å². The standard InChI is InChI=1S/C22H23ClF3NO2/c23-18-6-4-5-16(13-18)19(21(29)11-2-1-3-12-21)20(28)27-14-15-7-9-17(10-8-15)22(24,25)26/h4-10,13,19,29H,1-3,11-12,14H2,(H,27,28). The maximum Gasteiger partial charge on any atom is 0.416 e.